The summed E-state index contributed by atoms with van der Waals surface area (Å²) >= 11 is 0. The molecule has 1 aliphatic rings. The molecular weight excluding hydrogens is 779 g/mol. The Morgan fingerprint density at radius 3 is 1.59 bits per heavy atom. The minimum Gasteiger partial charge on any atom is -0.309 e. The van der Waals surface area contributed by atoms with E-state index >= 15 is 0 Å². The first-order valence-corrected chi connectivity index (χ1v) is 21.5. The van der Waals surface area contributed by atoms with Crippen molar-refractivity contribution < 1.29 is 0 Å². The number of rotatable bonds is 7. The van der Waals surface area contributed by atoms with E-state index < -0.39 is 5.41 Å². The highest BCUT2D eigenvalue weighted by Crippen LogP contribution is 2.57. The summed E-state index contributed by atoms with van der Waals surface area (Å²) in [5.41, 5.74) is 15.5. The van der Waals surface area contributed by atoms with Gasteiger partial charge in [-0.05, 0) is 93.0 Å². The second kappa shape index (κ2) is 15.0. The Morgan fingerprint density at radius 2 is 0.922 bits per heavy atom. The zero-order valence-electron chi connectivity index (χ0n) is 34.6. The molecule has 0 unspecified atom stereocenters. The summed E-state index contributed by atoms with van der Waals surface area (Å²) < 4.78 is 2.41. The maximum absolute atomic E-state index is 9.76. The summed E-state index contributed by atoms with van der Waals surface area (Å²) in [7, 11) is 0. The molecule has 64 heavy (non-hydrogen) atoms. The van der Waals surface area contributed by atoms with Crippen molar-refractivity contribution in [1.29, 1.82) is 5.26 Å². The van der Waals surface area contributed by atoms with Gasteiger partial charge in [-0.25, -0.2) is 15.0 Å². The van der Waals surface area contributed by atoms with Crippen molar-refractivity contribution in [2.24, 2.45) is 0 Å². The van der Waals surface area contributed by atoms with Crippen LogP contribution in [0.15, 0.2) is 224 Å². The van der Waals surface area contributed by atoms with Gasteiger partial charge < -0.3 is 4.57 Å². The van der Waals surface area contributed by atoms with E-state index in [1.807, 2.05) is 48.5 Å². The molecule has 0 N–H and O–H groups in total. The molecule has 0 aliphatic heterocycles. The summed E-state index contributed by atoms with van der Waals surface area (Å²) in [6, 6.07) is 81.4. The Bertz CT molecular complexity index is 3570. The summed E-state index contributed by atoms with van der Waals surface area (Å²) in [6.07, 6.45) is 0. The fourth-order valence-electron chi connectivity index (χ4n) is 9.90. The van der Waals surface area contributed by atoms with Crippen LogP contribution in [-0.2, 0) is 5.41 Å². The van der Waals surface area contributed by atoms with Gasteiger partial charge in [0.1, 0.15) is 0 Å². The van der Waals surface area contributed by atoms with Gasteiger partial charge in [0, 0.05) is 33.2 Å². The number of aromatic nitrogens is 4. The van der Waals surface area contributed by atoms with Gasteiger partial charge in [0.25, 0.3) is 0 Å². The van der Waals surface area contributed by atoms with Crippen LogP contribution in [0.4, 0.5) is 0 Å². The monoisotopic (exact) mass is 815 g/mol. The largest absolute Gasteiger partial charge is 0.309 e. The van der Waals surface area contributed by atoms with Crippen LogP contribution in [0.5, 0.6) is 0 Å². The van der Waals surface area contributed by atoms with E-state index in [2.05, 4.69) is 180 Å². The van der Waals surface area contributed by atoms with Gasteiger partial charge in [-0.3, -0.25) is 0 Å². The Balaban J connectivity index is 1.13. The number of hydrogen-bond donors (Lipinski definition) is 0. The molecule has 0 atom stereocenters. The van der Waals surface area contributed by atoms with Crippen molar-refractivity contribution in [2.75, 3.05) is 0 Å². The lowest BCUT2D eigenvalue weighted by Gasteiger charge is -2.34. The molecule has 5 heteroatoms. The fraction of sp³-hybridized carbons (Fsp3) is 0.0169. The first kappa shape index (κ1) is 37.1. The number of nitriles is 1. The summed E-state index contributed by atoms with van der Waals surface area (Å²) in [5.74, 6) is 1.61. The van der Waals surface area contributed by atoms with Gasteiger partial charge in [-0.2, -0.15) is 5.26 Å². The van der Waals surface area contributed by atoms with E-state index in [4.69, 9.17) is 15.0 Å². The average Bonchev–Trinajstić information content (AvgIpc) is 3.86. The van der Waals surface area contributed by atoms with Crippen LogP contribution in [0, 0.1) is 11.3 Å². The third-order valence-corrected chi connectivity index (χ3v) is 12.7. The lowest BCUT2D eigenvalue weighted by atomic mass is 9.67. The molecule has 12 rings (SSSR count). The van der Waals surface area contributed by atoms with Crippen molar-refractivity contribution in [3.63, 3.8) is 0 Å². The van der Waals surface area contributed by atoms with Gasteiger partial charge in [-0.1, -0.05) is 176 Å². The van der Waals surface area contributed by atoms with Crippen LogP contribution < -0.4 is 0 Å². The molecule has 2 heterocycles. The van der Waals surface area contributed by atoms with E-state index in [9.17, 15) is 5.26 Å². The van der Waals surface area contributed by atoms with Crippen molar-refractivity contribution in [2.45, 2.75) is 5.41 Å². The SMILES string of the molecule is N#Cc1cccc(-c2nc(-c3ccccc3)nc(-c3cccc(-n4c5ccc(-c6ccccc6)cc5c5cc6c(cc54)C(c4ccccc4)(c4ccccc4)c4ccccc4-6)c3)n2)c1. The third-order valence-electron chi connectivity index (χ3n) is 12.7. The first-order valence-electron chi connectivity index (χ1n) is 21.5. The van der Waals surface area contributed by atoms with Gasteiger partial charge in [0.15, 0.2) is 17.5 Å². The van der Waals surface area contributed by atoms with Gasteiger partial charge in [0.2, 0.25) is 0 Å². The zero-order valence-corrected chi connectivity index (χ0v) is 34.6. The molecule has 11 aromatic rings. The molecule has 0 fully saturated rings. The predicted molar refractivity (Wildman–Crippen MR) is 258 cm³/mol. The van der Waals surface area contributed by atoms with E-state index in [1.165, 1.54) is 49.7 Å². The normalized spacial score (nSPS) is 12.5. The van der Waals surface area contributed by atoms with E-state index in [0.717, 1.165) is 39.0 Å². The number of nitrogens with zero attached hydrogens (tertiary/aromatic N) is 5. The van der Waals surface area contributed by atoms with Crippen LogP contribution in [0.3, 0.4) is 0 Å². The highest BCUT2D eigenvalue weighted by Gasteiger charge is 2.46. The molecule has 0 bridgehead atoms. The average molecular weight is 816 g/mol. The maximum Gasteiger partial charge on any atom is 0.164 e. The number of fused-ring (bicyclic) bond motifs is 6. The van der Waals surface area contributed by atoms with Crippen molar-refractivity contribution in [3.05, 3.63) is 252 Å². The third kappa shape index (κ3) is 5.89. The molecule has 0 spiro atoms. The molecule has 0 saturated heterocycles. The minimum atomic E-state index is -0.557. The quantitative estimate of drug-likeness (QED) is 0.161. The molecule has 9 aromatic carbocycles. The van der Waals surface area contributed by atoms with Crippen LogP contribution >= 0.6 is 0 Å². The minimum absolute atomic E-state index is 0.505. The summed E-state index contributed by atoms with van der Waals surface area (Å²) in [6.45, 7) is 0. The van der Waals surface area contributed by atoms with Crippen LogP contribution in [0.1, 0.15) is 27.8 Å². The van der Waals surface area contributed by atoms with Crippen molar-refractivity contribution >= 4 is 21.8 Å². The highest BCUT2D eigenvalue weighted by molar-refractivity contribution is 6.13. The molecule has 5 nitrogen and oxygen atoms in total. The second-order valence-corrected chi connectivity index (χ2v) is 16.3. The Morgan fingerprint density at radius 1 is 0.375 bits per heavy atom. The van der Waals surface area contributed by atoms with Crippen LogP contribution in [0.25, 0.3) is 83.9 Å². The lowest BCUT2D eigenvalue weighted by molar-refractivity contribution is 0.769. The predicted octanol–water partition coefficient (Wildman–Crippen LogP) is 13.9. The first-order chi connectivity index (χ1) is 31.7. The second-order valence-electron chi connectivity index (χ2n) is 16.3. The maximum atomic E-state index is 9.76. The fourth-order valence-corrected chi connectivity index (χ4v) is 9.90. The zero-order chi connectivity index (χ0) is 42.6. The van der Waals surface area contributed by atoms with E-state index in [-0.39, 0.29) is 0 Å². The molecule has 2 aromatic heterocycles. The highest BCUT2D eigenvalue weighted by atomic mass is 15.0. The van der Waals surface area contributed by atoms with Crippen LogP contribution in [0.2, 0.25) is 0 Å². The van der Waals surface area contributed by atoms with Gasteiger partial charge in [0.05, 0.1) is 28.1 Å². The summed E-state index contributed by atoms with van der Waals surface area (Å²) in [5, 5.41) is 12.1. The molecule has 0 saturated carbocycles. The standard InChI is InChI=1S/C59H37N5/c60-38-39-17-15-22-43(33-39)57-61-56(41-20-7-2-8-21-41)62-58(63-57)44-23-16-28-47(34-44)64-54-32-31-42(40-18-5-1-6-19-40)35-50(54)51-36-49-48-29-13-14-30-52(48)59(53(49)37-55(51)64,45-24-9-3-10-25-45)46-26-11-4-12-27-46/h1-37H. The van der Waals surface area contributed by atoms with Gasteiger partial charge >= 0.3 is 0 Å². The van der Waals surface area contributed by atoms with E-state index in [1.54, 1.807) is 6.07 Å². The molecular formula is C59H37N5. The summed E-state index contributed by atoms with van der Waals surface area (Å²) in [4.78, 5) is 15.1. The lowest BCUT2D eigenvalue weighted by Crippen LogP contribution is -2.28. The topological polar surface area (TPSA) is 67.4 Å². The number of hydrogen-bond acceptors (Lipinski definition) is 4. The van der Waals surface area contributed by atoms with E-state index in [0.29, 0.717) is 23.0 Å². The van der Waals surface area contributed by atoms with Crippen LogP contribution in [-0.4, -0.2) is 19.5 Å². The Kier molecular flexibility index (Phi) is 8.70. The van der Waals surface area contributed by atoms with Crippen molar-refractivity contribution in [3.8, 4) is 68.2 Å². The Hall–Kier alpha value is -8.72. The van der Waals surface area contributed by atoms with Crippen molar-refractivity contribution in [1.82, 2.24) is 19.5 Å². The molecule has 298 valence electrons. The number of benzene rings is 9. The molecule has 0 amide bonds. The van der Waals surface area contributed by atoms with Gasteiger partial charge in [-0.15, -0.1) is 0 Å². The Labute approximate surface area is 370 Å². The molecule has 1 aliphatic carbocycles. The molecule has 0 radical (unpaired) electrons. The smallest absolute Gasteiger partial charge is 0.164 e.